The highest BCUT2D eigenvalue weighted by Crippen LogP contribution is 2.17. The number of hydrogen-bond donors (Lipinski definition) is 2. The van der Waals surface area contributed by atoms with Gasteiger partial charge in [-0.3, -0.25) is 4.79 Å². The molecule has 0 bridgehead atoms. The summed E-state index contributed by atoms with van der Waals surface area (Å²) in [6, 6.07) is 9.20. The van der Waals surface area contributed by atoms with Crippen LogP contribution < -0.4 is 11.1 Å². The Balaban J connectivity index is 2.11. The van der Waals surface area contributed by atoms with Crippen LogP contribution in [0.5, 0.6) is 0 Å². The maximum atomic E-state index is 12.1. The number of carbonyl (C=O) groups is 1. The molecule has 0 fully saturated rings. The van der Waals surface area contributed by atoms with Crippen molar-refractivity contribution in [2.24, 2.45) is 5.73 Å². The number of furan rings is 1. The van der Waals surface area contributed by atoms with Gasteiger partial charge in [0.2, 0.25) is 0 Å². The molecule has 0 aliphatic carbocycles. The molecule has 0 saturated carbocycles. The summed E-state index contributed by atoms with van der Waals surface area (Å²) in [7, 11) is 0. The fraction of sp³-hybridized carbons (Fsp3) is 0.267. The van der Waals surface area contributed by atoms with E-state index in [1.165, 1.54) is 6.26 Å². The molecule has 0 aliphatic heterocycles. The van der Waals surface area contributed by atoms with Crippen molar-refractivity contribution in [2.75, 3.05) is 5.32 Å². The minimum Gasteiger partial charge on any atom is -0.469 e. The van der Waals surface area contributed by atoms with Gasteiger partial charge in [-0.05, 0) is 30.7 Å². The van der Waals surface area contributed by atoms with E-state index in [0.29, 0.717) is 17.7 Å². The number of hydrogen-bond acceptors (Lipinski definition) is 3. The van der Waals surface area contributed by atoms with Gasteiger partial charge in [-0.2, -0.15) is 0 Å². The number of nitrogens with two attached hydrogens (primary N) is 1. The second kappa shape index (κ2) is 5.71. The maximum absolute atomic E-state index is 12.1. The van der Waals surface area contributed by atoms with E-state index < -0.39 is 0 Å². The topological polar surface area (TPSA) is 68.3 Å². The number of anilines is 1. The second-order valence-corrected chi connectivity index (χ2v) is 4.48. The maximum Gasteiger partial charge on any atom is 0.259 e. The summed E-state index contributed by atoms with van der Waals surface area (Å²) in [5.74, 6) is 0.545. The Morgan fingerprint density at radius 1 is 1.32 bits per heavy atom. The van der Waals surface area contributed by atoms with Crippen LogP contribution in [0.4, 0.5) is 5.69 Å². The average Bonchev–Trinajstić information content (AvgIpc) is 2.87. The van der Waals surface area contributed by atoms with Crippen LogP contribution in [0.25, 0.3) is 0 Å². The van der Waals surface area contributed by atoms with E-state index in [9.17, 15) is 4.79 Å². The average molecular weight is 258 g/mol. The first-order valence-corrected chi connectivity index (χ1v) is 6.35. The Kier molecular flexibility index (Phi) is 4.02. The quantitative estimate of drug-likeness (QED) is 0.885. The van der Waals surface area contributed by atoms with Crippen molar-refractivity contribution in [3.63, 3.8) is 0 Å². The molecule has 1 unspecified atom stereocenters. The van der Waals surface area contributed by atoms with E-state index in [0.717, 1.165) is 11.3 Å². The Hall–Kier alpha value is -2.07. The molecule has 0 spiro atoms. The Morgan fingerprint density at radius 3 is 2.58 bits per heavy atom. The first-order valence-electron chi connectivity index (χ1n) is 6.35. The van der Waals surface area contributed by atoms with Crippen molar-refractivity contribution in [1.29, 1.82) is 0 Å². The van der Waals surface area contributed by atoms with Crippen molar-refractivity contribution in [3.05, 3.63) is 53.5 Å². The van der Waals surface area contributed by atoms with E-state index in [2.05, 4.69) is 5.32 Å². The molecule has 1 heterocycles. The van der Waals surface area contributed by atoms with Crippen molar-refractivity contribution in [2.45, 2.75) is 26.3 Å². The van der Waals surface area contributed by atoms with Gasteiger partial charge in [0.25, 0.3) is 5.91 Å². The van der Waals surface area contributed by atoms with E-state index in [1.807, 2.05) is 38.1 Å². The minimum absolute atomic E-state index is 0.00896. The van der Waals surface area contributed by atoms with Crippen molar-refractivity contribution in [1.82, 2.24) is 0 Å². The number of rotatable bonds is 4. The highest BCUT2D eigenvalue weighted by atomic mass is 16.3. The second-order valence-electron chi connectivity index (χ2n) is 4.48. The minimum atomic E-state index is -0.154. The molecule has 19 heavy (non-hydrogen) atoms. The lowest BCUT2D eigenvalue weighted by atomic mass is 10.1. The largest absolute Gasteiger partial charge is 0.469 e. The van der Waals surface area contributed by atoms with Crippen molar-refractivity contribution >= 4 is 11.6 Å². The highest BCUT2D eigenvalue weighted by molar-refractivity contribution is 6.04. The first kappa shape index (κ1) is 13.4. The summed E-state index contributed by atoms with van der Waals surface area (Å²) < 4.78 is 5.25. The third-order valence-electron chi connectivity index (χ3n) is 3.01. The first-order chi connectivity index (χ1) is 9.11. The molecule has 1 atom stereocenters. The Bertz CT molecular complexity index is 556. The van der Waals surface area contributed by atoms with E-state index in [4.69, 9.17) is 10.2 Å². The normalized spacial score (nSPS) is 12.2. The van der Waals surface area contributed by atoms with Crippen molar-refractivity contribution in [3.8, 4) is 0 Å². The summed E-state index contributed by atoms with van der Waals surface area (Å²) in [4.78, 5) is 12.1. The van der Waals surface area contributed by atoms with Crippen molar-refractivity contribution < 1.29 is 9.21 Å². The third-order valence-corrected chi connectivity index (χ3v) is 3.01. The van der Waals surface area contributed by atoms with Crippen LogP contribution in [-0.2, 0) is 6.42 Å². The SMILES string of the molecule is CCc1occc1C(=O)Nc1ccc(C(C)N)cc1. The molecule has 3 N–H and O–H groups in total. The van der Waals surface area contributed by atoms with Gasteiger partial charge in [0.05, 0.1) is 11.8 Å². The molecule has 2 aromatic rings. The molecule has 100 valence electrons. The summed E-state index contributed by atoms with van der Waals surface area (Å²) >= 11 is 0. The molecule has 1 amide bonds. The van der Waals surface area contributed by atoms with Crippen LogP contribution in [0.2, 0.25) is 0 Å². The lowest BCUT2D eigenvalue weighted by molar-refractivity contribution is 0.102. The molecule has 0 saturated heterocycles. The number of carbonyl (C=O) groups excluding carboxylic acids is 1. The predicted molar refractivity (Wildman–Crippen MR) is 75.1 cm³/mol. The Labute approximate surface area is 112 Å². The third kappa shape index (κ3) is 3.03. The van der Waals surface area contributed by atoms with Gasteiger partial charge in [-0.15, -0.1) is 0 Å². The van der Waals surface area contributed by atoms with Gasteiger partial charge >= 0.3 is 0 Å². The number of aryl methyl sites for hydroxylation is 1. The smallest absolute Gasteiger partial charge is 0.259 e. The van der Waals surface area contributed by atoms with Crippen LogP contribution >= 0.6 is 0 Å². The molecule has 0 aliphatic rings. The van der Waals surface area contributed by atoms with Gasteiger partial charge in [-0.25, -0.2) is 0 Å². The molecule has 1 aromatic heterocycles. The lowest BCUT2D eigenvalue weighted by Crippen LogP contribution is -2.13. The van der Waals surface area contributed by atoms with Gasteiger partial charge in [0.15, 0.2) is 0 Å². The molecule has 4 heteroatoms. The molecular formula is C15H18N2O2. The molecular weight excluding hydrogens is 240 g/mol. The lowest BCUT2D eigenvalue weighted by Gasteiger charge is -2.08. The van der Waals surface area contributed by atoms with Gasteiger partial charge in [0.1, 0.15) is 5.76 Å². The van der Waals surface area contributed by atoms with Crippen LogP contribution in [-0.4, -0.2) is 5.91 Å². The van der Waals surface area contributed by atoms with E-state index in [-0.39, 0.29) is 11.9 Å². The van der Waals surface area contributed by atoms with Gasteiger partial charge < -0.3 is 15.5 Å². The van der Waals surface area contributed by atoms with Crippen LogP contribution in [0.3, 0.4) is 0 Å². The summed E-state index contributed by atoms with van der Waals surface area (Å²) in [5, 5.41) is 2.85. The van der Waals surface area contributed by atoms with Crippen LogP contribution in [0.15, 0.2) is 41.0 Å². The molecule has 2 rings (SSSR count). The standard InChI is InChI=1S/C15H18N2O2/c1-3-14-13(8-9-19-14)15(18)17-12-6-4-11(5-7-12)10(2)16/h4-10H,3,16H2,1-2H3,(H,17,18). The van der Waals surface area contributed by atoms with Gasteiger partial charge in [0, 0.05) is 18.2 Å². The van der Waals surface area contributed by atoms with Gasteiger partial charge in [-0.1, -0.05) is 19.1 Å². The summed E-state index contributed by atoms with van der Waals surface area (Å²) in [6.07, 6.45) is 2.23. The number of benzene rings is 1. The summed E-state index contributed by atoms with van der Waals surface area (Å²) in [6.45, 7) is 3.87. The molecule has 1 aromatic carbocycles. The zero-order valence-corrected chi connectivity index (χ0v) is 11.1. The Morgan fingerprint density at radius 2 is 2.00 bits per heavy atom. The zero-order chi connectivity index (χ0) is 13.8. The number of nitrogens with one attached hydrogen (secondary N) is 1. The highest BCUT2D eigenvalue weighted by Gasteiger charge is 2.13. The summed E-state index contributed by atoms with van der Waals surface area (Å²) in [5.41, 5.74) is 8.15. The number of amides is 1. The fourth-order valence-corrected chi connectivity index (χ4v) is 1.89. The van der Waals surface area contributed by atoms with E-state index >= 15 is 0 Å². The fourth-order valence-electron chi connectivity index (χ4n) is 1.89. The monoisotopic (exact) mass is 258 g/mol. The molecule has 4 nitrogen and oxygen atoms in total. The van der Waals surface area contributed by atoms with Crippen LogP contribution in [0, 0.1) is 0 Å². The van der Waals surface area contributed by atoms with Crippen LogP contribution in [0.1, 0.15) is 41.6 Å². The van der Waals surface area contributed by atoms with E-state index in [1.54, 1.807) is 6.07 Å². The predicted octanol–water partition coefficient (Wildman–Crippen LogP) is 3.11. The zero-order valence-electron chi connectivity index (χ0n) is 11.1. The molecule has 0 radical (unpaired) electrons.